The van der Waals surface area contributed by atoms with Crippen molar-refractivity contribution in [2.24, 2.45) is 5.92 Å². The van der Waals surface area contributed by atoms with Gasteiger partial charge in [0.15, 0.2) is 0 Å². The lowest BCUT2D eigenvalue weighted by atomic mass is 9.96. The molecule has 1 N–H and O–H groups in total. The summed E-state index contributed by atoms with van der Waals surface area (Å²) in [6, 6.07) is 0.677. The van der Waals surface area contributed by atoms with Gasteiger partial charge in [0, 0.05) is 19.1 Å². The van der Waals surface area contributed by atoms with Gasteiger partial charge in [-0.2, -0.15) is 0 Å². The zero-order valence-electron chi connectivity index (χ0n) is 12.9. The molecular weight excluding hydrogens is 222 g/mol. The van der Waals surface area contributed by atoms with Crippen molar-refractivity contribution >= 4 is 0 Å². The summed E-state index contributed by atoms with van der Waals surface area (Å²) < 4.78 is 0. The van der Waals surface area contributed by atoms with Crippen molar-refractivity contribution in [2.45, 2.75) is 45.6 Å². The summed E-state index contributed by atoms with van der Waals surface area (Å²) >= 11 is 0. The molecule has 1 rings (SSSR count). The maximum absolute atomic E-state index is 3.61. The summed E-state index contributed by atoms with van der Waals surface area (Å²) in [5, 5.41) is 3.61. The Hall–Kier alpha value is -0.120. The van der Waals surface area contributed by atoms with Crippen LogP contribution in [0.4, 0.5) is 0 Å². The Morgan fingerprint density at radius 2 is 1.94 bits per heavy atom. The van der Waals surface area contributed by atoms with Crippen molar-refractivity contribution in [3.8, 4) is 0 Å². The van der Waals surface area contributed by atoms with Gasteiger partial charge in [-0.25, -0.2) is 0 Å². The maximum atomic E-state index is 3.61. The highest BCUT2D eigenvalue weighted by Gasteiger charge is 2.19. The number of likely N-dealkylation sites (tertiary alicyclic amines) is 1. The van der Waals surface area contributed by atoms with E-state index in [1.165, 1.54) is 51.9 Å². The first-order chi connectivity index (χ1) is 8.65. The SMILES string of the molecule is CCCC(CN(C)CC1CCN(C)CC1)NCC. The Bertz CT molecular complexity index is 194. The first-order valence-electron chi connectivity index (χ1n) is 7.76. The second kappa shape index (κ2) is 8.89. The summed E-state index contributed by atoms with van der Waals surface area (Å²) in [5.41, 5.74) is 0. The monoisotopic (exact) mass is 255 g/mol. The smallest absolute Gasteiger partial charge is 0.0194 e. The van der Waals surface area contributed by atoms with Gasteiger partial charge in [-0.1, -0.05) is 20.3 Å². The van der Waals surface area contributed by atoms with Gasteiger partial charge in [-0.3, -0.25) is 0 Å². The molecule has 1 atom stereocenters. The van der Waals surface area contributed by atoms with E-state index >= 15 is 0 Å². The summed E-state index contributed by atoms with van der Waals surface area (Å²) in [7, 11) is 4.53. The molecule has 108 valence electrons. The van der Waals surface area contributed by atoms with E-state index in [9.17, 15) is 0 Å². The van der Waals surface area contributed by atoms with E-state index in [1.54, 1.807) is 0 Å². The Balaban J connectivity index is 2.24. The Labute approximate surface area is 114 Å². The summed E-state index contributed by atoms with van der Waals surface area (Å²) in [4.78, 5) is 4.99. The van der Waals surface area contributed by atoms with Gasteiger partial charge in [0.2, 0.25) is 0 Å². The number of hydrogen-bond donors (Lipinski definition) is 1. The number of hydrogen-bond acceptors (Lipinski definition) is 3. The van der Waals surface area contributed by atoms with Crippen molar-refractivity contribution < 1.29 is 0 Å². The van der Waals surface area contributed by atoms with Crippen LogP contribution in [0.15, 0.2) is 0 Å². The lowest BCUT2D eigenvalue weighted by Gasteiger charge is -2.33. The van der Waals surface area contributed by atoms with Crippen LogP contribution in [0.2, 0.25) is 0 Å². The molecule has 1 aliphatic heterocycles. The molecule has 0 radical (unpaired) electrons. The fraction of sp³-hybridized carbons (Fsp3) is 1.00. The molecule has 18 heavy (non-hydrogen) atoms. The zero-order chi connectivity index (χ0) is 13.4. The van der Waals surface area contributed by atoms with Crippen LogP contribution in [-0.2, 0) is 0 Å². The second-order valence-electron chi connectivity index (χ2n) is 6.01. The van der Waals surface area contributed by atoms with Gasteiger partial charge in [-0.15, -0.1) is 0 Å². The van der Waals surface area contributed by atoms with E-state index in [0.717, 1.165) is 12.5 Å². The lowest BCUT2D eigenvalue weighted by Crippen LogP contribution is -2.42. The Morgan fingerprint density at radius 3 is 2.50 bits per heavy atom. The standard InChI is InChI=1S/C15H33N3/c1-5-7-15(16-6-2)13-18(4)12-14-8-10-17(3)11-9-14/h14-16H,5-13H2,1-4H3. The van der Waals surface area contributed by atoms with Crippen LogP contribution < -0.4 is 5.32 Å². The maximum Gasteiger partial charge on any atom is 0.0194 e. The fourth-order valence-corrected chi connectivity index (χ4v) is 3.03. The molecule has 0 spiro atoms. The average Bonchev–Trinajstić information content (AvgIpc) is 2.33. The number of nitrogens with one attached hydrogen (secondary N) is 1. The third-order valence-corrected chi connectivity index (χ3v) is 4.07. The van der Waals surface area contributed by atoms with E-state index in [4.69, 9.17) is 0 Å². The number of nitrogens with zero attached hydrogens (tertiary/aromatic N) is 2. The molecule has 0 aromatic heterocycles. The largest absolute Gasteiger partial charge is 0.313 e. The summed E-state index contributed by atoms with van der Waals surface area (Å²) in [6.07, 6.45) is 5.33. The van der Waals surface area contributed by atoms with E-state index in [1.807, 2.05) is 0 Å². The van der Waals surface area contributed by atoms with Crippen molar-refractivity contribution in [1.82, 2.24) is 15.1 Å². The highest BCUT2D eigenvalue weighted by atomic mass is 15.1. The minimum atomic E-state index is 0.677. The summed E-state index contributed by atoms with van der Waals surface area (Å²) in [5.74, 6) is 0.912. The van der Waals surface area contributed by atoms with Crippen LogP contribution in [0.25, 0.3) is 0 Å². The molecule has 0 saturated carbocycles. The molecule has 3 heteroatoms. The van der Waals surface area contributed by atoms with Crippen LogP contribution in [-0.4, -0.2) is 62.7 Å². The van der Waals surface area contributed by atoms with E-state index in [0.29, 0.717) is 6.04 Å². The molecule has 0 bridgehead atoms. The molecule has 0 amide bonds. The number of likely N-dealkylation sites (N-methyl/N-ethyl adjacent to an activating group) is 2. The van der Waals surface area contributed by atoms with E-state index < -0.39 is 0 Å². The van der Waals surface area contributed by atoms with Crippen LogP contribution in [0.3, 0.4) is 0 Å². The predicted octanol–water partition coefficient (Wildman–Crippen LogP) is 2.04. The molecule has 1 aliphatic rings. The Morgan fingerprint density at radius 1 is 1.28 bits per heavy atom. The molecule has 3 nitrogen and oxygen atoms in total. The molecule has 1 fully saturated rings. The van der Waals surface area contributed by atoms with E-state index in [2.05, 4.69) is 43.1 Å². The summed E-state index contributed by atoms with van der Waals surface area (Å²) in [6.45, 7) is 10.6. The third kappa shape index (κ3) is 6.17. The van der Waals surface area contributed by atoms with Gasteiger partial charge in [0.05, 0.1) is 0 Å². The first kappa shape index (κ1) is 15.9. The molecule has 0 aromatic rings. The van der Waals surface area contributed by atoms with E-state index in [-0.39, 0.29) is 0 Å². The Kier molecular flexibility index (Phi) is 7.87. The second-order valence-corrected chi connectivity index (χ2v) is 6.01. The van der Waals surface area contributed by atoms with Gasteiger partial charge >= 0.3 is 0 Å². The van der Waals surface area contributed by atoms with Crippen molar-refractivity contribution in [3.05, 3.63) is 0 Å². The molecule has 0 aliphatic carbocycles. The van der Waals surface area contributed by atoms with Crippen LogP contribution in [0, 0.1) is 5.92 Å². The topological polar surface area (TPSA) is 18.5 Å². The van der Waals surface area contributed by atoms with Gasteiger partial charge in [0.1, 0.15) is 0 Å². The first-order valence-corrected chi connectivity index (χ1v) is 7.76. The van der Waals surface area contributed by atoms with Gasteiger partial charge < -0.3 is 15.1 Å². The highest BCUT2D eigenvalue weighted by Crippen LogP contribution is 2.17. The molecule has 0 aromatic carbocycles. The average molecular weight is 255 g/mol. The van der Waals surface area contributed by atoms with Gasteiger partial charge in [-0.05, 0) is 58.9 Å². The number of rotatable bonds is 8. The van der Waals surface area contributed by atoms with Crippen LogP contribution in [0.1, 0.15) is 39.5 Å². The molecule has 1 saturated heterocycles. The zero-order valence-corrected chi connectivity index (χ0v) is 12.9. The lowest BCUT2D eigenvalue weighted by molar-refractivity contribution is 0.168. The number of piperidine rings is 1. The van der Waals surface area contributed by atoms with Crippen LogP contribution in [0.5, 0.6) is 0 Å². The third-order valence-electron chi connectivity index (χ3n) is 4.07. The van der Waals surface area contributed by atoms with Crippen molar-refractivity contribution in [3.63, 3.8) is 0 Å². The molecule has 1 heterocycles. The van der Waals surface area contributed by atoms with Crippen LogP contribution >= 0.6 is 0 Å². The minimum Gasteiger partial charge on any atom is -0.313 e. The van der Waals surface area contributed by atoms with Gasteiger partial charge in [0.25, 0.3) is 0 Å². The minimum absolute atomic E-state index is 0.677. The van der Waals surface area contributed by atoms with Crippen molar-refractivity contribution in [2.75, 3.05) is 46.8 Å². The molecule has 1 unspecified atom stereocenters. The molecular formula is C15H33N3. The highest BCUT2D eigenvalue weighted by molar-refractivity contribution is 4.75. The normalized spacial score (nSPS) is 20.5. The fourth-order valence-electron chi connectivity index (χ4n) is 3.03. The predicted molar refractivity (Wildman–Crippen MR) is 80.1 cm³/mol. The quantitative estimate of drug-likeness (QED) is 0.716. The van der Waals surface area contributed by atoms with Crippen molar-refractivity contribution in [1.29, 1.82) is 0 Å².